The summed E-state index contributed by atoms with van der Waals surface area (Å²) in [6, 6.07) is 0.109. The van der Waals surface area contributed by atoms with Gasteiger partial charge in [0.05, 0.1) is 17.9 Å². The standard InChI is InChI=1S/C12H18N2O2/c1-12(2)8-9(12)11(16)14(10(8)15)7-4-3-5-13-6-7/h7-9,13H,3-6H2,1-2H3. The maximum Gasteiger partial charge on any atom is 0.233 e. The largest absolute Gasteiger partial charge is 0.315 e. The van der Waals surface area contributed by atoms with Crippen molar-refractivity contribution in [1.82, 2.24) is 10.2 Å². The van der Waals surface area contributed by atoms with E-state index in [-0.39, 0.29) is 35.1 Å². The minimum atomic E-state index is -0.0766. The van der Waals surface area contributed by atoms with E-state index in [2.05, 4.69) is 5.32 Å². The van der Waals surface area contributed by atoms with Crippen LogP contribution in [0.1, 0.15) is 26.7 Å². The molecule has 1 N–H and O–H groups in total. The molecule has 16 heavy (non-hydrogen) atoms. The summed E-state index contributed by atoms with van der Waals surface area (Å²) in [7, 11) is 0. The molecule has 2 aliphatic heterocycles. The summed E-state index contributed by atoms with van der Waals surface area (Å²) in [5, 5.41) is 3.26. The maximum atomic E-state index is 12.1. The molecule has 0 aromatic heterocycles. The molecule has 0 radical (unpaired) electrons. The van der Waals surface area contributed by atoms with Gasteiger partial charge in [0.1, 0.15) is 0 Å². The fraction of sp³-hybridized carbons (Fsp3) is 0.833. The number of nitrogens with one attached hydrogen (secondary N) is 1. The van der Waals surface area contributed by atoms with Crippen LogP contribution in [-0.4, -0.2) is 35.8 Å². The van der Waals surface area contributed by atoms with Crippen molar-refractivity contribution in [3.05, 3.63) is 0 Å². The van der Waals surface area contributed by atoms with E-state index in [1.807, 2.05) is 13.8 Å². The number of hydrogen-bond acceptors (Lipinski definition) is 3. The van der Waals surface area contributed by atoms with E-state index in [9.17, 15) is 9.59 Å². The van der Waals surface area contributed by atoms with Crippen LogP contribution in [0.3, 0.4) is 0 Å². The van der Waals surface area contributed by atoms with Crippen molar-refractivity contribution in [2.75, 3.05) is 13.1 Å². The van der Waals surface area contributed by atoms with Crippen LogP contribution in [0.5, 0.6) is 0 Å². The van der Waals surface area contributed by atoms with Gasteiger partial charge in [-0.15, -0.1) is 0 Å². The van der Waals surface area contributed by atoms with Crippen LogP contribution in [0.2, 0.25) is 0 Å². The summed E-state index contributed by atoms with van der Waals surface area (Å²) >= 11 is 0. The Bertz CT molecular complexity index is 334. The van der Waals surface area contributed by atoms with E-state index in [0.717, 1.165) is 25.9 Å². The number of hydrogen-bond donors (Lipinski definition) is 1. The van der Waals surface area contributed by atoms with Crippen molar-refractivity contribution in [1.29, 1.82) is 0 Å². The molecule has 3 rings (SSSR count). The van der Waals surface area contributed by atoms with Gasteiger partial charge in [-0.05, 0) is 24.8 Å². The molecule has 3 aliphatic rings. The Morgan fingerprint density at radius 1 is 1.25 bits per heavy atom. The molecule has 3 unspecified atom stereocenters. The first-order valence-electron chi connectivity index (χ1n) is 6.13. The van der Waals surface area contributed by atoms with Crippen molar-refractivity contribution >= 4 is 11.8 Å². The first-order valence-corrected chi connectivity index (χ1v) is 6.13. The fourth-order valence-electron chi connectivity index (χ4n) is 3.38. The molecule has 2 heterocycles. The Kier molecular flexibility index (Phi) is 1.97. The van der Waals surface area contributed by atoms with E-state index < -0.39 is 0 Å². The lowest BCUT2D eigenvalue weighted by Crippen LogP contribution is -2.50. The van der Waals surface area contributed by atoms with Gasteiger partial charge < -0.3 is 5.32 Å². The van der Waals surface area contributed by atoms with Crippen LogP contribution >= 0.6 is 0 Å². The lowest BCUT2D eigenvalue weighted by Gasteiger charge is -2.32. The van der Waals surface area contributed by atoms with Crippen LogP contribution in [0.15, 0.2) is 0 Å². The van der Waals surface area contributed by atoms with E-state index in [1.165, 1.54) is 0 Å². The highest BCUT2D eigenvalue weighted by Crippen LogP contribution is 2.63. The predicted octanol–water partition coefficient (Wildman–Crippen LogP) is 0.379. The number of piperidine rings is 2. The highest BCUT2D eigenvalue weighted by molar-refractivity contribution is 6.10. The molecule has 4 nitrogen and oxygen atoms in total. The molecule has 0 aromatic carbocycles. The van der Waals surface area contributed by atoms with Crippen molar-refractivity contribution in [2.45, 2.75) is 32.7 Å². The molecular weight excluding hydrogens is 204 g/mol. The molecule has 3 fully saturated rings. The Morgan fingerprint density at radius 2 is 1.88 bits per heavy atom. The highest BCUT2D eigenvalue weighted by Gasteiger charge is 2.73. The molecule has 0 aromatic rings. The number of rotatable bonds is 1. The predicted molar refractivity (Wildman–Crippen MR) is 58.5 cm³/mol. The normalized spacial score (nSPS) is 41.1. The van der Waals surface area contributed by atoms with Crippen LogP contribution in [0.25, 0.3) is 0 Å². The zero-order valence-corrected chi connectivity index (χ0v) is 9.82. The quantitative estimate of drug-likeness (QED) is 0.652. The third-order valence-electron chi connectivity index (χ3n) is 4.47. The first-order chi connectivity index (χ1) is 7.55. The van der Waals surface area contributed by atoms with E-state index in [4.69, 9.17) is 0 Å². The van der Waals surface area contributed by atoms with Gasteiger partial charge >= 0.3 is 0 Å². The van der Waals surface area contributed by atoms with Gasteiger partial charge in [-0.1, -0.05) is 13.8 Å². The van der Waals surface area contributed by atoms with Gasteiger partial charge in [0.25, 0.3) is 0 Å². The van der Waals surface area contributed by atoms with Crippen molar-refractivity contribution < 1.29 is 9.59 Å². The second-order valence-corrected chi connectivity index (χ2v) is 5.82. The lowest BCUT2D eigenvalue weighted by molar-refractivity contribution is -0.146. The van der Waals surface area contributed by atoms with Crippen molar-refractivity contribution in [3.63, 3.8) is 0 Å². The summed E-state index contributed by atoms with van der Waals surface area (Å²) in [6.45, 7) is 5.83. The van der Waals surface area contributed by atoms with Gasteiger partial charge in [-0.3, -0.25) is 14.5 Å². The smallest absolute Gasteiger partial charge is 0.233 e. The Hall–Kier alpha value is -0.900. The molecule has 2 amide bonds. The van der Waals surface area contributed by atoms with Crippen LogP contribution < -0.4 is 5.32 Å². The van der Waals surface area contributed by atoms with Crippen molar-refractivity contribution in [2.24, 2.45) is 17.3 Å². The third-order valence-corrected chi connectivity index (χ3v) is 4.47. The van der Waals surface area contributed by atoms with Crippen LogP contribution in [0, 0.1) is 17.3 Å². The second-order valence-electron chi connectivity index (χ2n) is 5.82. The number of nitrogens with zero attached hydrogens (tertiary/aromatic N) is 1. The SMILES string of the molecule is CC1(C)C2C(=O)N(C3CCCNC3)C(=O)C21. The monoisotopic (exact) mass is 222 g/mol. The molecule has 4 heteroatoms. The lowest BCUT2D eigenvalue weighted by atomic mass is 10.0. The van der Waals surface area contributed by atoms with Crippen LogP contribution in [0.4, 0.5) is 0 Å². The first kappa shape index (κ1) is 10.3. The Morgan fingerprint density at radius 3 is 2.38 bits per heavy atom. The molecular formula is C12H18N2O2. The average molecular weight is 222 g/mol. The van der Waals surface area contributed by atoms with E-state index >= 15 is 0 Å². The number of carbonyl (C=O) groups excluding carboxylic acids is 2. The van der Waals surface area contributed by atoms with Gasteiger partial charge in [-0.2, -0.15) is 0 Å². The molecule has 0 spiro atoms. The molecule has 88 valence electrons. The Labute approximate surface area is 95.4 Å². The molecule has 1 saturated carbocycles. The zero-order valence-electron chi connectivity index (χ0n) is 9.82. The van der Waals surface area contributed by atoms with Crippen LogP contribution in [-0.2, 0) is 9.59 Å². The summed E-state index contributed by atoms with van der Waals surface area (Å²) in [4.78, 5) is 25.8. The summed E-state index contributed by atoms with van der Waals surface area (Å²) in [5.41, 5.74) is -0.0766. The maximum absolute atomic E-state index is 12.1. The number of carbonyl (C=O) groups is 2. The molecule has 0 bridgehead atoms. The van der Waals surface area contributed by atoms with Gasteiger partial charge in [0.15, 0.2) is 0 Å². The van der Waals surface area contributed by atoms with Gasteiger partial charge in [0.2, 0.25) is 11.8 Å². The highest BCUT2D eigenvalue weighted by atomic mass is 16.2. The summed E-state index contributed by atoms with van der Waals surface area (Å²) in [5.74, 6) is 0.103. The zero-order chi connectivity index (χ0) is 11.5. The number of amides is 2. The number of likely N-dealkylation sites (tertiary alicyclic amines) is 1. The van der Waals surface area contributed by atoms with Crippen molar-refractivity contribution in [3.8, 4) is 0 Å². The van der Waals surface area contributed by atoms with E-state index in [1.54, 1.807) is 4.90 Å². The number of fused-ring (bicyclic) bond motifs is 1. The fourth-order valence-corrected chi connectivity index (χ4v) is 3.38. The molecule has 1 aliphatic carbocycles. The van der Waals surface area contributed by atoms with E-state index in [0.29, 0.717) is 0 Å². The average Bonchev–Trinajstić information content (AvgIpc) is 2.70. The minimum absolute atomic E-state index is 0.0260. The summed E-state index contributed by atoms with van der Waals surface area (Å²) < 4.78 is 0. The second kappa shape index (κ2) is 3.06. The topological polar surface area (TPSA) is 49.4 Å². The number of imide groups is 1. The molecule has 3 atom stereocenters. The minimum Gasteiger partial charge on any atom is -0.315 e. The van der Waals surface area contributed by atoms with Gasteiger partial charge in [0, 0.05) is 6.54 Å². The summed E-state index contributed by atoms with van der Waals surface area (Å²) in [6.07, 6.45) is 2.02. The third kappa shape index (κ3) is 1.14. The Balaban J connectivity index is 1.79. The molecule has 2 saturated heterocycles. The van der Waals surface area contributed by atoms with Gasteiger partial charge in [-0.25, -0.2) is 0 Å².